The molecule has 0 aromatic heterocycles. The molecule has 0 unspecified atom stereocenters. The van der Waals surface area contributed by atoms with Crippen LogP contribution in [0.3, 0.4) is 0 Å². The van der Waals surface area contributed by atoms with E-state index in [2.05, 4.69) is 6.58 Å². The first-order valence-corrected chi connectivity index (χ1v) is 2.15. The maximum absolute atomic E-state index is 5.06. The molecule has 1 radical (unpaired) electrons. The van der Waals surface area contributed by atoms with Gasteiger partial charge in [0.25, 0.3) is 0 Å². The van der Waals surface area contributed by atoms with E-state index in [1.807, 2.05) is 6.92 Å². The van der Waals surface area contributed by atoms with Crippen LogP contribution in [-0.2, 0) is 0 Å². The minimum atomic E-state index is 1.09. The molecule has 0 aromatic carbocycles. The Bertz CT molecular complexity index is 96.6. The molecule has 0 nitrogen and oxygen atoms in total. The molecule has 0 spiro atoms. The van der Waals surface area contributed by atoms with Gasteiger partial charge in [-0.15, -0.1) is 0 Å². The predicted octanol–water partition coefficient (Wildman–Crippen LogP) is 2.11. The fourth-order valence-electron chi connectivity index (χ4n) is 0.220. The highest BCUT2D eigenvalue weighted by Gasteiger charge is 1.69. The second-order valence-electron chi connectivity index (χ2n) is 1.31. The molecule has 0 heteroatoms. The molecule has 0 rings (SSSR count). The van der Waals surface area contributed by atoms with Crippen LogP contribution < -0.4 is 0 Å². The number of allylic oxidation sites excluding steroid dienone is 4. The van der Waals surface area contributed by atoms with Crippen LogP contribution >= 0.6 is 0 Å². The zero-order valence-corrected chi connectivity index (χ0v) is 4.52. The van der Waals surface area contributed by atoms with Crippen molar-refractivity contribution in [2.45, 2.75) is 6.92 Å². The number of hydrogen-bond acceptors (Lipinski definition) is 0. The highest BCUT2D eigenvalue weighted by atomic mass is 13.8. The summed E-state index contributed by atoms with van der Waals surface area (Å²) < 4.78 is 0. The Kier molecular flexibility index (Phi) is 3.03. The standard InChI is InChI=1S/C7H9/c1-4-6-7(3)5-2/h1,4-6H,2H2,3H3/b4-1?,7-6+. The molecule has 0 aliphatic heterocycles. The molecule has 37 valence electrons. The second kappa shape index (κ2) is 3.41. The van der Waals surface area contributed by atoms with Gasteiger partial charge in [-0.2, -0.15) is 0 Å². The second-order valence-corrected chi connectivity index (χ2v) is 1.31. The van der Waals surface area contributed by atoms with Crippen LogP contribution in [0, 0.1) is 6.58 Å². The van der Waals surface area contributed by atoms with Crippen molar-refractivity contribution in [1.29, 1.82) is 0 Å². The minimum Gasteiger partial charge on any atom is -0.0988 e. The maximum atomic E-state index is 5.06. The summed E-state index contributed by atoms with van der Waals surface area (Å²) in [4.78, 5) is 0. The van der Waals surface area contributed by atoms with E-state index in [4.69, 9.17) is 6.58 Å². The van der Waals surface area contributed by atoms with E-state index >= 15 is 0 Å². The lowest BCUT2D eigenvalue weighted by molar-refractivity contribution is 1.54. The largest absolute Gasteiger partial charge is 0.0988 e. The van der Waals surface area contributed by atoms with Crippen LogP contribution in [0.5, 0.6) is 0 Å². The fourth-order valence-corrected chi connectivity index (χ4v) is 0.220. The van der Waals surface area contributed by atoms with Crippen LogP contribution in [-0.4, -0.2) is 0 Å². The normalized spacial score (nSPS) is 10.7. The first-order chi connectivity index (χ1) is 3.31. The molecule has 0 aliphatic rings. The van der Waals surface area contributed by atoms with Crippen LogP contribution in [0.2, 0.25) is 0 Å². The van der Waals surface area contributed by atoms with Crippen molar-refractivity contribution >= 4 is 0 Å². The summed E-state index contributed by atoms with van der Waals surface area (Å²) in [6.45, 7) is 10.5. The average Bonchev–Trinajstić information content (AvgIpc) is 1.68. The van der Waals surface area contributed by atoms with E-state index in [1.54, 1.807) is 12.2 Å². The summed E-state index contributed by atoms with van der Waals surface area (Å²) >= 11 is 0. The van der Waals surface area contributed by atoms with Gasteiger partial charge in [-0.25, -0.2) is 0 Å². The molecule has 0 atom stereocenters. The van der Waals surface area contributed by atoms with Gasteiger partial charge in [0.05, 0.1) is 0 Å². The number of rotatable bonds is 2. The van der Waals surface area contributed by atoms with Crippen LogP contribution in [0.25, 0.3) is 0 Å². The highest BCUT2D eigenvalue weighted by molar-refractivity contribution is 5.17. The van der Waals surface area contributed by atoms with Gasteiger partial charge in [0.1, 0.15) is 0 Å². The van der Waals surface area contributed by atoms with E-state index in [-0.39, 0.29) is 0 Å². The Morgan fingerprint density at radius 3 is 2.43 bits per heavy atom. The molecular formula is C7H9. The van der Waals surface area contributed by atoms with E-state index in [9.17, 15) is 0 Å². The Balaban J connectivity index is 3.72. The fraction of sp³-hybridized carbons (Fsp3) is 0.143. The van der Waals surface area contributed by atoms with E-state index < -0.39 is 0 Å². The van der Waals surface area contributed by atoms with Gasteiger partial charge in [-0.05, 0) is 6.92 Å². The maximum Gasteiger partial charge on any atom is -0.0398 e. The molecule has 0 bridgehead atoms. The zero-order valence-electron chi connectivity index (χ0n) is 4.52. The topological polar surface area (TPSA) is 0 Å². The van der Waals surface area contributed by atoms with Crippen molar-refractivity contribution < 1.29 is 0 Å². The van der Waals surface area contributed by atoms with Crippen LogP contribution in [0.1, 0.15) is 6.92 Å². The van der Waals surface area contributed by atoms with Crippen LogP contribution in [0.4, 0.5) is 0 Å². The lowest BCUT2D eigenvalue weighted by Crippen LogP contribution is -1.59. The zero-order chi connectivity index (χ0) is 5.70. The summed E-state index contributed by atoms with van der Waals surface area (Å²) in [5.74, 6) is 0. The Hall–Kier alpha value is -0.780. The molecule has 0 fully saturated rings. The summed E-state index contributed by atoms with van der Waals surface area (Å²) in [5.41, 5.74) is 1.09. The van der Waals surface area contributed by atoms with E-state index in [1.165, 1.54) is 6.08 Å². The molecule has 0 heterocycles. The summed E-state index contributed by atoms with van der Waals surface area (Å²) in [7, 11) is 0. The van der Waals surface area contributed by atoms with Crippen molar-refractivity contribution in [2.24, 2.45) is 0 Å². The predicted molar refractivity (Wildman–Crippen MR) is 32.8 cm³/mol. The molecule has 0 aliphatic carbocycles. The van der Waals surface area contributed by atoms with Gasteiger partial charge < -0.3 is 0 Å². The average molecular weight is 93.1 g/mol. The Labute approximate surface area is 44.9 Å². The highest BCUT2D eigenvalue weighted by Crippen LogP contribution is 1.89. The monoisotopic (exact) mass is 93.1 g/mol. The molecule has 0 amide bonds. The summed E-state index contributed by atoms with van der Waals surface area (Å²) in [6.07, 6.45) is 5.05. The van der Waals surface area contributed by atoms with E-state index in [0.717, 1.165) is 5.57 Å². The van der Waals surface area contributed by atoms with Gasteiger partial charge in [-0.1, -0.05) is 37.0 Å². The quantitative estimate of drug-likeness (QED) is 0.459. The van der Waals surface area contributed by atoms with Crippen molar-refractivity contribution in [3.8, 4) is 0 Å². The lowest BCUT2D eigenvalue weighted by atomic mass is 10.3. The smallest absolute Gasteiger partial charge is 0.0398 e. The van der Waals surface area contributed by atoms with Gasteiger partial charge >= 0.3 is 0 Å². The molecule has 0 aromatic rings. The third-order valence-corrected chi connectivity index (χ3v) is 0.681. The Morgan fingerprint density at radius 2 is 2.29 bits per heavy atom. The minimum absolute atomic E-state index is 1.09. The molecular weight excluding hydrogens is 84.1 g/mol. The third-order valence-electron chi connectivity index (χ3n) is 0.681. The first kappa shape index (κ1) is 6.22. The summed E-state index contributed by atoms with van der Waals surface area (Å²) in [5, 5.41) is 0. The number of hydrogen-bond donors (Lipinski definition) is 0. The van der Waals surface area contributed by atoms with Gasteiger partial charge in [0.15, 0.2) is 0 Å². The lowest BCUT2D eigenvalue weighted by Gasteiger charge is -1.80. The molecule has 0 saturated heterocycles. The molecule has 0 saturated carbocycles. The molecule has 0 N–H and O–H groups in total. The SMILES string of the molecule is [CH]=C/C=C(\C)C=C. The Morgan fingerprint density at radius 1 is 1.71 bits per heavy atom. The first-order valence-electron chi connectivity index (χ1n) is 2.15. The summed E-state index contributed by atoms with van der Waals surface area (Å²) in [6, 6.07) is 0. The van der Waals surface area contributed by atoms with Crippen molar-refractivity contribution in [2.75, 3.05) is 0 Å². The van der Waals surface area contributed by atoms with Gasteiger partial charge in [0.2, 0.25) is 0 Å². The van der Waals surface area contributed by atoms with Crippen molar-refractivity contribution in [1.82, 2.24) is 0 Å². The van der Waals surface area contributed by atoms with Crippen LogP contribution in [0.15, 0.2) is 30.4 Å². The molecule has 7 heavy (non-hydrogen) atoms. The van der Waals surface area contributed by atoms with Crippen molar-refractivity contribution in [3.05, 3.63) is 37.0 Å². The van der Waals surface area contributed by atoms with Gasteiger partial charge in [-0.3, -0.25) is 0 Å². The van der Waals surface area contributed by atoms with Gasteiger partial charge in [0, 0.05) is 0 Å². The van der Waals surface area contributed by atoms with Crippen molar-refractivity contribution in [3.63, 3.8) is 0 Å². The third kappa shape index (κ3) is 3.04. The van der Waals surface area contributed by atoms with E-state index in [0.29, 0.717) is 0 Å².